The van der Waals surface area contributed by atoms with Crippen molar-refractivity contribution >= 4 is 5.91 Å². The molecule has 4 heteroatoms. The molecule has 4 nitrogen and oxygen atoms in total. The summed E-state index contributed by atoms with van der Waals surface area (Å²) in [5, 5.41) is 0. The van der Waals surface area contributed by atoms with Crippen molar-refractivity contribution in [1.82, 2.24) is 0 Å². The number of nitrogens with two attached hydrogens (primary N) is 1. The molecule has 1 aromatic carbocycles. The Morgan fingerprint density at radius 1 is 1.40 bits per heavy atom. The standard InChI is InChI=1S/C11H13NO3/c12-10(13)11(6-14-7-11)8-15-9-4-2-1-3-5-9/h1-5H,6-8H2,(H2,12,13). The molecule has 1 amide bonds. The molecule has 0 saturated carbocycles. The molecule has 15 heavy (non-hydrogen) atoms. The number of ether oxygens (including phenoxy) is 2. The zero-order valence-corrected chi connectivity index (χ0v) is 8.31. The first-order chi connectivity index (χ1) is 7.23. The fourth-order valence-corrected chi connectivity index (χ4v) is 1.38. The van der Waals surface area contributed by atoms with Gasteiger partial charge in [0, 0.05) is 0 Å². The molecule has 1 fully saturated rings. The fraction of sp³-hybridized carbons (Fsp3) is 0.364. The van der Waals surface area contributed by atoms with Gasteiger partial charge >= 0.3 is 0 Å². The minimum absolute atomic E-state index is 0.284. The summed E-state index contributed by atoms with van der Waals surface area (Å²) in [5.41, 5.74) is 4.67. The maximum atomic E-state index is 11.2. The molecule has 2 rings (SSSR count). The van der Waals surface area contributed by atoms with E-state index in [2.05, 4.69) is 0 Å². The van der Waals surface area contributed by atoms with Crippen LogP contribution in [0.1, 0.15) is 0 Å². The maximum Gasteiger partial charge on any atom is 0.231 e. The third-order valence-corrected chi connectivity index (χ3v) is 2.54. The Hall–Kier alpha value is -1.55. The van der Waals surface area contributed by atoms with Crippen molar-refractivity contribution < 1.29 is 14.3 Å². The highest BCUT2D eigenvalue weighted by Crippen LogP contribution is 2.28. The number of carbonyl (C=O) groups excluding carboxylic acids is 1. The van der Waals surface area contributed by atoms with Gasteiger partial charge in [-0.25, -0.2) is 0 Å². The van der Waals surface area contributed by atoms with E-state index in [1.54, 1.807) is 0 Å². The van der Waals surface area contributed by atoms with Gasteiger partial charge in [0.05, 0.1) is 13.2 Å². The van der Waals surface area contributed by atoms with Crippen LogP contribution in [0, 0.1) is 5.41 Å². The van der Waals surface area contributed by atoms with Gasteiger partial charge in [0.2, 0.25) is 5.91 Å². The molecular weight excluding hydrogens is 194 g/mol. The smallest absolute Gasteiger partial charge is 0.231 e. The van der Waals surface area contributed by atoms with Crippen molar-refractivity contribution in [1.29, 1.82) is 0 Å². The number of benzene rings is 1. The minimum atomic E-state index is -0.629. The molecule has 0 bridgehead atoms. The topological polar surface area (TPSA) is 61.6 Å². The van der Waals surface area contributed by atoms with E-state index < -0.39 is 5.41 Å². The van der Waals surface area contributed by atoms with Gasteiger partial charge in [0.25, 0.3) is 0 Å². The van der Waals surface area contributed by atoms with Crippen LogP contribution >= 0.6 is 0 Å². The summed E-state index contributed by atoms with van der Waals surface area (Å²) in [6.07, 6.45) is 0. The van der Waals surface area contributed by atoms with E-state index in [4.69, 9.17) is 15.2 Å². The summed E-state index contributed by atoms with van der Waals surface area (Å²) in [5.74, 6) is 0.384. The van der Waals surface area contributed by atoms with Crippen LogP contribution in [0.2, 0.25) is 0 Å². The second-order valence-electron chi connectivity index (χ2n) is 3.74. The first-order valence-electron chi connectivity index (χ1n) is 4.78. The van der Waals surface area contributed by atoms with Crippen LogP contribution in [-0.4, -0.2) is 25.7 Å². The highest BCUT2D eigenvalue weighted by atomic mass is 16.5. The molecule has 0 radical (unpaired) electrons. The van der Waals surface area contributed by atoms with Gasteiger partial charge in [-0.1, -0.05) is 18.2 Å². The lowest BCUT2D eigenvalue weighted by Gasteiger charge is -2.37. The van der Waals surface area contributed by atoms with E-state index in [0.29, 0.717) is 13.2 Å². The number of hydrogen-bond acceptors (Lipinski definition) is 3. The molecule has 1 saturated heterocycles. The van der Waals surface area contributed by atoms with Crippen LogP contribution in [0.4, 0.5) is 0 Å². The van der Waals surface area contributed by atoms with E-state index in [1.807, 2.05) is 30.3 Å². The minimum Gasteiger partial charge on any atom is -0.492 e. The number of hydrogen-bond donors (Lipinski definition) is 1. The summed E-state index contributed by atoms with van der Waals surface area (Å²) in [4.78, 5) is 11.2. The predicted molar refractivity (Wildman–Crippen MR) is 54.4 cm³/mol. The Kier molecular flexibility index (Phi) is 2.60. The number of para-hydroxylation sites is 1. The van der Waals surface area contributed by atoms with E-state index in [0.717, 1.165) is 5.75 Å². The van der Waals surface area contributed by atoms with E-state index in [1.165, 1.54) is 0 Å². The van der Waals surface area contributed by atoms with Gasteiger partial charge in [-0.05, 0) is 12.1 Å². The summed E-state index contributed by atoms with van der Waals surface area (Å²) < 4.78 is 10.5. The van der Waals surface area contributed by atoms with Gasteiger partial charge in [-0.3, -0.25) is 4.79 Å². The van der Waals surface area contributed by atoms with Crippen LogP contribution in [0.15, 0.2) is 30.3 Å². The van der Waals surface area contributed by atoms with Gasteiger partial charge < -0.3 is 15.2 Å². The van der Waals surface area contributed by atoms with E-state index in [-0.39, 0.29) is 12.5 Å². The van der Waals surface area contributed by atoms with Crippen LogP contribution in [0.3, 0.4) is 0 Å². The molecule has 0 spiro atoms. The Balaban J connectivity index is 1.95. The third kappa shape index (κ3) is 1.94. The molecule has 80 valence electrons. The molecule has 1 aliphatic rings. The molecule has 0 aromatic heterocycles. The molecule has 2 N–H and O–H groups in total. The lowest BCUT2D eigenvalue weighted by Crippen LogP contribution is -2.56. The SMILES string of the molecule is NC(=O)C1(COc2ccccc2)COC1. The second-order valence-corrected chi connectivity index (χ2v) is 3.74. The Morgan fingerprint density at radius 2 is 2.07 bits per heavy atom. The van der Waals surface area contributed by atoms with Crippen molar-refractivity contribution in [3.05, 3.63) is 30.3 Å². The van der Waals surface area contributed by atoms with Crippen molar-refractivity contribution in [3.8, 4) is 5.75 Å². The first-order valence-corrected chi connectivity index (χ1v) is 4.78. The van der Waals surface area contributed by atoms with Gasteiger partial charge in [-0.2, -0.15) is 0 Å². The third-order valence-electron chi connectivity index (χ3n) is 2.54. The normalized spacial score (nSPS) is 17.9. The van der Waals surface area contributed by atoms with Crippen molar-refractivity contribution in [2.45, 2.75) is 0 Å². The number of amides is 1. The predicted octanol–water partition coefficient (Wildman–Crippen LogP) is 0.567. The zero-order valence-electron chi connectivity index (χ0n) is 8.31. The fourth-order valence-electron chi connectivity index (χ4n) is 1.38. The first kappa shape index (κ1) is 9.98. The molecular formula is C11H13NO3. The van der Waals surface area contributed by atoms with Gasteiger partial charge in [-0.15, -0.1) is 0 Å². The summed E-state index contributed by atoms with van der Waals surface area (Å²) in [7, 11) is 0. The van der Waals surface area contributed by atoms with E-state index >= 15 is 0 Å². The van der Waals surface area contributed by atoms with Crippen LogP contribution in [0.5, 0.6) is 5.75 Å². The van der Waals surface area contributed by atoms with Crippen molar-refractivity contribution in [2.24, 2.45) is 11.1 Å². The lowest BCUT2D eigenvalue weighted by atomic mass is 9.86. The largest absolute Gasteiger partial charge is 0.492 e. The molecule has 1 heterocycles. The second kappa shape index (κ2) is 3.90. The number of rotatable bonds is 4. The van der Waals surface area contributed by atoms with Crippen LogP contribution < -0.4 is 10.5 Å². The summed E-state index contributed by atoms with van der Waals surface area (Å²) in [6.45, 7) is 0.997. The molecule has 0 atom stereocenters. The average molecular weight is 207 g/mol. The highest BCUT2D eigenvalue weighted by Gasteiger charge is 2.45. The summed E-state index contributed by atoms with van der Waals surface area (Å²) >= 11 is 0. The average Bonchev–Trinajstić information content (AvgIpc) is 2.17. The molecule has 0 unspecified atom stereocenters. The lowest BCUT2D eigenvalue weighted by molar-refractivity contribution is -0.164. The van der Waals surface area contributed by atoms with Crippen LogP contribution in [0.25, 0.3) is 0 Å². The molecule has 1 aliphatic heterocycles. The van der Waals surface area contributed by atoms with Gasteiger partial charge in [0.1, 0.15) is 17.8 Å². The van der Waals surface area contributed by atoms with Crippen molar-refractivity contribution in [3.63, 3.8) is 0 Å². The number of primary amides is 1. The molecule has 1 aromatic rings. The molecule has 0 aliphatic carbocycles. The Bertz CT molecular complexity index is 346. The van der Waals surface area contributed by atoms with Crippen molar-refractivity contribution in [2.75, 3.05) is 19.8 Å². The zero-order chi connectivity index (χ0) is 10.7. The maximum absolute atomic E-state index is 11.2. The monoisotopic (exact) mass is 207 g/mol. The Morgan fingerprint density at radius 3 is 2.53 bits per heavy atom. The van der Waals surface area contributed by atoms with E-state index in [9.17, 15) is 4.79 Å². The quantitative estimate of drug-likeness (QED) is 0.785. The summed E-state index contributed by atoms with van der Waals surface area (Å²) in [6, 6.07) is 9.35. The number of carbonyl (C=O) groups is 1. The van der Waals surface area contributed by atoms with Gasteiger partial charge in [0.15, 0.2) is 0 Å². The highest BCUT2D eigenvalue weighted by molar-refractivity contribution is 5.82. The Labute approximate surface area is 88.0 Å². The van der Waals surface area contributed by atoms with Crippen LogP contribution in [-0.2, 0) is 9.53 Å².